The zero-order valence-corrected chi connectivity index (χ0v) is 10.6. The zero-order valence-electron chi connectivity index (χ0n) is 10.6. The first-order chi connectivity index (χ1) is 8.59. The Kier molecular flexibility index (Phi) is 4.50. The van der Waals surface area contributed by atoms with Crippen molar-refractivity contribution in [2.24, 2.45) is 11.8 Å². The molecule has 18 heavy (non-hydrogen) atoms. The third-order valence-electron chi connectivity index (χ3n) is 3.96. The van der Waals surface area contributed by atoms with E-state index in [9.17, 15) is 13.6 Å². The van der Waals surface area contributed by atoms with Crippen molar-refractivity contribution in [1.82, 2.24) is 10.2 Å². The van der Waals surface area contributed by atoms with Gasteiger partial charge in [-0.1, -0.05) is 0 Å². The molecule has 3 atom stereocenters. The Morgan fingerprint density at radius 1 is 1.50 bits per heavy atom. The number of nitrogens with one attached hydrogen (secondary N) is 1. The van der Waals surface area contributed by atoms with Gasteiger partial charge < -0.3 is 15.0 Å². The van der Waals surface area contributed by atoms with Crippen LogP contribution in [0.5, 0.6) is 0 Å². The van der Waals surface area contributed by atoms with Crippen molar-refractivity contribution >= 4 is 5.91 Å². The van der Waals surface area contributed by atoms with E-state index in [1.54, 1.807) is 0 Å². The summed E-state index contributed by atoms with van der Waals surface area (Å²) in [7, 11) is 0. The van der Waals surface area contributed by atoms with Gasteiger partial charge in [0.15, 0.2) is 0 Å². The van der Waals surface area contributed by atoms with Crippen LogP contribution in [0, 0.1) is 11.8 Å². The zero-order chi connectivity index (χ0) is 13.1. The smallest absolute Gasteiger partial charge is 0.261 e. The van der Waals surface area contributed by atoms with Gasteiger partial charge >= 0.3 is 0 Å². The van der Waals surface area contributed by atoms with Crippen molar-refractivity contribution in [3.63, 3.8) is 0 Å². The number of fused-ring (bicyclic) bond motifs is 1. The summed E-state index contributed by atoms with van der Waals surface area (Å²) in [5.41, 5.74) is 0. The summed E-state index contributed by atoms with van der Waals surface area (Å²) < 4.78 is 28.4. The van der Waals surface area contributed by atoms with Crippen molar-refractivity contribution in [3.05, 3.63) is 0 Å². The molecule has 2 fully saturated rings. The monoisotopic (exact) mass is 262 g/mol. The van der Waals surface area contributed by atoms with Crippen LogP contribution in [0.2, 0.25) is 0 Å². The standard InChI is InChI=1S/C12H20F2N2O2/c1-8-10-5-15-4-9(10)6-16(8)12(17)2-3-18-7-11(13)14/h8-11,15H,2-7H2,1H3. The van der Waals surface area contributed by atoms with E-state index in [2.05, 4.69) is 12.2 Å². The van der Waals surface area contributed by atoms with Crippen LogP contribution in [0.15, 0.2) is 0 Å². The fourth-order valence-electron chi connectivity index (χ4n) is 2.97. The number of carbonyl (C=O) groups excluding carboxylic acids is 1. The topological polar surface area (TPSA) is 41.6 Å². The highest BCUT2D eigenvalue weighted by Gasteiger charge is 2.43. The molecule has 2 aliphatic heterocycles. The average Bonchev–Trinajstić information content (AvgIpc) is 2.88. The lowest BCUT2D eigenvalue weighted by atomic mass is 9.95. The van der Waals surface area contributed by atoms with E-state index < -0.39 is 13.0 Å². The van der Waals surface area contributed by atoms with Gasteiger partial charge in [0.25, 0.3) is 6.43 Å². The lowest BCUT2D eigenvalue weighted by Crippen LogP contribution is -2.38. The van der Waals surface area contributed by atoms with E-state index in [0.29, 0.717) is 11.8 Å². The molecule has 2 aliphatic rings. The quantitative estimate of drug-likeness (QED) is 0.743. The number of hydrogen-bond acceptors (Lipinski definition) is 3. The predicted molar refractivity (Wildman–Crippen MR) is 62.5 cm³/mol. The first-order valence-electron chi connectivity index (χ1n) is 6.45. The SMILES string of the molecule is CC1C2CNCC2CN1C(=O)CCOCC(F)F. The molecule has 0 aromatic heterocycles. The van der Waals surface area contributed by atoms with Gasteiger partial charge in [-0.2, -0.15) is 0 Å². The Morgan fingerprint density at radius 3 is 2.94 bits per heavy atom. The molecule has 2 rings (SSSR count). The van der Waals surface area contributed by atoms with Crippen molar-refractivity contribution in [1.29, 1.82) is 0 Å². The van der Waals surface area contributed by atoms with E-state index in [1.165, 1.54) is 0 Å². The molecule has 104 valence electrons. The molecule has 6 heteroatoms. The number of alkyl halides is 2. The number of ether oxygens (including phenoxy) is 1. The normalized spacial score (nSPS) is 31.1. The third-order valence-corrected chi connectivity index (χ3v) is 3.96. The molecule has 0 radical (unpaired) electrons. The Bertz CT molecular complexity index is 302. The van der Waals surface area contributed by atoms with Crippen LogP contribution in [-0.2, 0) is 9.53 Å². The van der Waals surface area contributed by atoms with Crippen LogP contribution in [-0.4, -0.2) is 56.1 Å². The number of nitrogens with zero attached hydrogens (tertiary/aromatic N) is 1. The molecule has 0 bridgehead atoms. The summed E-state index contributed by atoms with van der Waals surface area (Å²) in [5, 5.41) is 3.33. The van der Waals surface area contributed by atoms with Crippen LogP contribution < -0.4 is 5.32 Å². The third kappa shape index (κ3) is 2.98. The van der Waals surface area contributed by atoms with Crippen molar-refractivity contribution < 1.29 is 18.3 Å². The predicted octanol–water partition coefficient (Wildman–Crippen LogP) is 0.724. The number of hydrogen-bond donors (Lipinski definition) is 1. The summed E-state index contributed by atoms with van der Waals surface area (Å²) >= 11 is 0. The van der Waals surface area contributed by atoms with Crippen molar-refractivity contribution in [3.8, 4) is 0 Å². The molecule has 1 N–H and O–H groups in total. The molecule has 4 nitrogen and oxygen atoms in total. The maximum absolute atomic E-state index is 12.0. The molecule has 3 unspecified atom stereocenters. The number of carbonyl (C=O) groups is 1. The molecule has 0 spiro atoms. The first-order valence-corrected chi connectivity index (χ1v) is 6.45. The van der Waals surface area contributed by atoms with Gasteiger partial charge in [-0.25, -0.2) is 8.78 Å². The van der Waals surface area contributed by atoms with Crippen molar-refractivity contribution in [2.75, 3.05) is 32.8 Å². The van der Waals surface area contributed by atoms with Gasteiger partial charge in [-0.05, 0) is 18.8 Å². The molecule has 0 aromatic carbocycles. The van der Waals surface area contributed by atoms with Gasteiger partial charge in [0.1, 0.15) is 6.61 Å². The molecular formula is C12H20F2N2O2. The van der Waals surface area contributed by atoms with Crippen LogP contribution in [0.4, 0.5) is 8.78 Å². The van der Waals surface area contributed by atoms with Gasteiger partial charge in [-0.15, -0.1) is 0 Å². The van der Waals surface area contributed by atoms with E-state index in [0.717, 1.165) is 19.6 Å². The molecular weight excluding hydrogens is 242 g/mol. The Morgan fingerprint density at radius 2 is 2.28 bits per heavy atom. The van der Waals surface area contributed by atoms with E-state index >= 15 is 0 Å². The molecule has 0 saturated carbocycles. The Hall–Kier alpha value is -0.750. The van der Waals surface area contributed by atoms with Crippen molar-refractivity contribution in [2.45, 2.75) is 25.8 Å². The number of rotatable bonds is 5. The van der Waals surface area contributed by atoms with Crippen LogP contribution in [0.25, 0.3) is 0 Å². The van der Waals surface area contributed by atoms with Gasteiger partial charge in [0, 0.05) is 25.7 Å². The first kappa shape index (κ1) is 13.7. The van der Waals surface area contributed by atoms with Crippen LogP contribution >= 0.6 is 0 Å². The molecule has 1 amide bonds. The van der Waals surface area contributed by atoms with Gasteiger partial charge in [-0.3, -0.25) is 4.79 Å². The summed E-state index contributed by atoms with van der Waals surface area (Å²) in [6.45, 7) is 4.29. The summed E-state index contributed by atoms with van der Waals surface area (Å²) in [6.07, 6.45) is -2.26. The summed E-state index contributed by atoms with van der Waals surface area (Å²) in [5.74, 6) is 1.10. The minimum absolute atomic E-state index is 0.0196. The molecule has 2 saturated heterocycles. The number of amides is 1. The second kappa shape index (κ2) is 5.93. The van der Waals surface area contributed by atoms with Gasteiger partial charge in [0.2, 0.25) is 5.91 Å². The number of halogens is 2. The second-order valence-electron chi connectivity index (χ2n) is 5.08. The summed E-state index contributed by atoms with van der Waals surface area (Å²) in [4.78, 5) is 13.8. The van der Waals surface area contributed by atoms with E-state index in [1.807, 2.05) is 4.90 Å². The maximum Gasteiger partial charge on any atom is 0.261 e. The number of likely N-dealkylation sites (tertiary alicyclic amines) is 1. The molecule has 0 aromatic rings. The highest BCUT2D eigenvalue weighted by atomic mass is 19.3. The van der Waals surface area contributed by atoms with Gasteiger partial charge in [0.05, 0.1) is 13.0 Å². The van der Waals surface area contributed by atoms with E-state index in [-0.39, 0.29) is 25.0 Å². The lowest BCUT2D eigenvalue weighted by Gasteiger charge is -2.24. The highest BCUT2D eigenvalue weighted by Crippen LogP contribution is 2.32. The highest BCUT2D eigenvalue weighted by molar-refractivity contribution is 5.77. The molecule has 2 heterocycles. The fourth-order valence-corrected chi connectivity index (χ4v) is 2.97. The van der Waals surface area contributed by atoms with Crippen LogP contribution in [0.3, 0.4) is 0 Å². The summed E-state index contributed by atoms with van der Waals surface area (Å²) in [6, 6.07) is 0.243. The average molecular weight is 262 g/mol. The minimum atomic E-state index is -2.46. The maximum atomic E-state index is 12.0. The minimum Gasteiger partial charge on any atom is -0.375 e. The Balaban J connectivity index is 1.73. The van der Waals surface area contributed by atoms with Crippen LogP contribution in [0.1, 0.15) is 13.3 Å². The molecule has 0 aliphatic carbocycles. The second-order valence-corrected chi connectivity index (χ2v) is 5.08. The van der Waals surface area contributed by atoms with E-state index in [4.69, 9.17) is 4.74 Å². The Labute approximate surface area is 106 Å². The fraction of sp³-hybridized carbons (Fsp3) is 0.917. The largest absolute Gasteiger partial charge is 0.375 e. The lowest BCUT2D eigenvalue weighted by molar-refractivity contribution is -0.133.